The van der Waals surface area contributed by atoms with Crippen molar-refractivity contribution >= 4 is 0 Å². The highest BCUT2D eigenvalue weighted by Crippen LogP contribution is 2.32. The lowest BCUT2D eigenvalue weighted by molar-refractivity contribution is 0.368. The monoisotopic (exact) mass is 588 g/mol. The van der Waals surface area contributed by atoms with Gasteiger partial charge in [-0.25, -0.2) is 0 Å². The van der Waals surface area contributed by atoms with Crippen molar-refractivity contribution < 1.29 is 9.05 Å². The standard InChI is InChI=1S/C13H16N2.C13H15NO.C12H13NO/c1-10(2)12-9-14-15(3)13(12)11-7-5-4-6-8-11;1-9(2)13-12(10(3)14-15-13)11-7-5-4-6-8-11;1-9(2)12-11(8-13-14-12)10-6-4-3-5-7-10/h4-10H,1-3H3;4-9H,1-3H3;3-9H,1-2H3. The highest BCUT2D eigenvalue weighted by Gasteiger charge is 2.17. The summed E-state index contributed by atoms with van der Waals surface area (Å²) in [7, 11) is 1.99. The maximum absolute atomic E-state index is 5.36. The molecule has 0 bridgehead atoms. The third kappa shape index (κ3) is 7.81. The first kappa shape index (κ1) is 32.2. The number of nitrogens with zero attached hydrogens (tertiary/aromatic N) is 4. The molecule has 3 aromatic carbocycles. The number of hydrogen-bond donors (Lipinski definition) is 0. The molecule has 3 heterocycles. The summed E-state index contributed by atoms with van der Waals surface area (Å²) in [5, 5.41) is 12.2. The van der Waals surface area contributed by atoms with Gasteiger partial charge in [0.05, 0.1) is 23.8 Å². The van der Waals surface area contributed by atoms with Crippen molar-refractivity contribution in [1.29, 1.82) is 0 Å². The molecule has 0 N–H and O–H groups in total. The van der Waals surface area contributed by atoms with Crippen LogP contribution in [0, 0.1) is 6.92 Å². The van der Waals surface area contributed by atoms with E-state index >= 15 is 0 Å². The van der Waals surface area contributed by atoms with Crippen molar-refractivity contribution in [1.82, 2.24) is 20.1 Å². The molecule has 0 atom stereocenters. The Bertz CT molecular complexity index is 1610. The average molecular weight is 589 g/mol. The van der Waals surface area contributed by atoms with E-state index in [1.807, 2.05) is 67.3 Å². The van der Waals surface area contributed by atoms with Crippen LogP contribution < -0.4 is 0 Å². The second-order valence-electron chi connectivity index (χ2n) is 11.7. The predicted octanol–water partition coefficient (Wildman–Crippen LogP) is 10.4. The summed E-state index contributed by atoms with van der Waals surface area (Å²) in [5.41, 5.74) is 9.32. The quantitative estimate of drug-likeness (QED) is 0.194. The van der Waals surface area contributed by atoms with Crippen LogP contribution in [0.5, 0.6) is 0 Å². The Balaban J connectivity index is 0.000000151. The van der Waals surface area contributed by atoms with Crippen molar-refractivity contribution in [3.63, 3.8) is 0 Å². The van der Waals surface area contributed by atoms with Gasteiger partial charge in [-0.05, 0) is 24.0 Å². The topological polar surface area (TPSA) is 69.9 Å². The molecule has 0 fully saturated rings. The van der Waals surface area contributed by atoms with Gasteiger partial charge in [0.2, 0.25) is 0 Å². The van der Waals surface area contributed by atoms with Gasteiger partial charge in [-0.2, -0.15) is 5.10 Å². The molecule has 6 aromatic rings. The summed E-state index contributed by atoms with van der Waals surface area (Å²) < 4.78 is 12.5. The first-order valence-corrected chi connectivity index (χ1v) is 15.3. The van der Waals surface area contributed by atoms with E-state index in [-0.39, 0.29) is 0 Å². The Labute approximate surface area is 261 Å². The van der Waals surface area contributed by atoms with Gasteiger partial charge in [0.1, 0.15) is 11.5 Å². The van der Waals surface area contributed by atoms with Crippen LogP contribution in [0.3, 0.4) is 0 Å². The Morgan fingerprint density at radius 2 is 1.11 bits per heavy atom. The van der Waals surface area contributed by atoms with E-state index in [1.165, 1.54) is 22.4 Å². The predicted molar refractivity (Wildman–Crippen MR) is 180 cm³/mol. The van der Waals surface area contributed by atoms with E-state index in [2.05, 4.69) is 105 Å². The lowest BCUT2D eigenvalue weighted by Gasteiger charge is -2.08. The minimum absolute atomic E-state index is 0.362. The van der Waals surface area contributed by atoms with Crippen molar-refractivity contribution in [2.24, 2.45) is 7.05 Å². The summed E-state index contributed by atoms with van der Waals surface area (Å²) in [4.78, 5) is 0. The van der Waals surface area contributed by atoms with Gasteiger partial charge in [0.15, 0.2) is 0 Å². The van der Waals surface area contributed by atoms with Crippen LogP contribution in [0.1, 0.15) is 82.1 Å². The second-order valence-corrected chi connectivity index (χ2v) is 11.7. The zero-order chi connectivity index (χ0) is 31.6. The smallest absolute Gasteiger partial charge is 0.147 e. The first-order chi connectivity index (χ1) is 21.2. The number of rotatable bonds is 6. The molecule has 0 spiro atoms. The van der Waals surface area contributed by atoms with Gasteiger partial charge < -0.3 is 9.05 Å². The lowest BCUT2D eigenvalue weighted by atomic mass is 9.99. The van der Waals surface area contributed by atoms with Gasteiger partial charge in [-0.1, -0.05) is 143 Å². The minimum atomic E-state index is 0.362. The molecule has 44 heavy (non-hydrogen) atoms. The first-order valence-electron chi connectivity index (χ1n) is 15.3. The van der Waals surface area contributed by atoms with Crippen molar-refractivity contribution in [3.8, 4) is 33.5 Å². The molecular formula is C38H44N4O2. The molecule has 0 unspecified atom stereocenters. The normalized spacial score (nSPS) is 10.9. The molecule has 0 saturated carbocycles. The van der Waals surface area contributed by atoms with E-state index in [0.29, 0.717) is 17.8 Å². The summed E-state index contributed by atoms with van der Waals surface area (Å²) in [6.07, 6.45) is 3.75. The fourth-order valence-corrected chi connectivity index (χ4v) is 5.06. The van der Waals surface area contributed by atoms with Gasteiger partial charge in [-0.3, -0.25) is 4.68 Å². The van der Waals surface area contributed by atoms with Crippen LogP contribution in [0.25, 0.3) is 33.5 Å². The molecule has 0 aliphatic carbocycles. The molecule has 0 radical (unpaired) electrons. The van der Waals surface area contributed by atoms with Crippen molar-refractivity contribution in [2.75, 3.05) is 0 Å². The summed E-state index contributed by atoms with van der Waals surface area (Å²) in [5.74, 6) is 3.16. The van der Waals surface area contributed by atoms with E-state index < -0.39 is 0 Å². The fraction of sp³-hybridized carbons (Fsp3) is 0.289. The average Bonchev–Trinajstić information content (AvgIpc) is 3.78. The maximum Gasteiger partial charge on any atom is 0.147 e. The molecule has 0 amide bonds. The third-order valence-electron chi connectivity index (χ3n) is 7.32. The molecule has 6 rings (SSSR count). The minimum Gasteiger partial charge on any atom is -0.360 e. The number of aryl methyl sites for hydroxylation is 2. The van der Waals surface area contributed by atoms with Gasteiger partial charge in [0.25, 0.3) is 0 Å². The number of hydrogen-bond acceptors (Lipinski definition) is 5. The summed E-state index contributed by atoms with van der Waals surface area (Å²) in [6.45, 7) is 14.8. The molecule has 0 aliphatic heterocycles. The Hall–Kier alpha value is -4.71. The molecule has 3 aromatic heterocycles. The zero-order valence-corrected chi connectivity index (χ0v) is 27.2. The molecule has 0 aliphatic rings. The van der Waals surface area contributed by atoms with E-state index in [9.17, 15) is 0 Å². The van der Waals surface area contributed by atoms with E-state index in [4.69, 9.17) is 9.05 Å². The summed E-state index contributed by atoms with van der Waals surface area (Å²) in [6, 6.07) is 30.9. The second kappa shape index (κ2) is 15.1. The van der Waals surface area contributed by atoms with Crippen LogP contribution in [-0.4, -0.2) is 20.1 Å². The van der Waals surface area contributed by atoms with Crippen LogP contribution in [0.2, 0.25) is 0 Å². The largest absolute Gasteiger partial charge is 0.360 e. The molecule has 6 heteroatoms. The van der Waals surface area contributed by atoms with E-state index in [0.717, 1.165) is 33.9 Å². The van der Waals surface area contributed by atoms with Crippen LogP contribution in [0.15, 0.2) is 112 Å². The highest BCUT2D eigenvalue weighted by atomic mass is 16.5. The van der Waals surface area contributed by atoms with Crippen LogP contribution >= 0.6 is 0 Å². The van der Waals surface area contributed by atoms with Gasteiger partial charge >= 0.3 is 0 Å². The lowest BCUT2D eigenvalue weighted by Crippen LogP contribution is -1.96. The molecule has 6 nitrogen and oxygen atoms in total. The Morgan fingerprint density at radius 1 is 0.591 bits per heavy atom. The van der Waals surface area contributed by atoms with Gasteiger partial charge in [0, 0.05) is 41.1 Å². The molecular weight excluding hydrogens is 544 g/mol. The van der Waals surface area contributed by atoms with Crippen LogP contribution in [-0.2, 0) is 7.05 Å². The number of benzene rings is 3. The molecule has 228 valence electrons. The Kier molecular flexibility index (Phi) is 11.1. The van der Waals surface area contributed by atoms with Crippen LogP contribution in [0.4, 0.5) is 0 Å². The van der Waals surface area contributed by atoms with Gasteiger partial charge in [-0.15, -0.1) is 0 Å². The highest BCUT2D eigenvalue weighted by molar-refractivity contribution is 5.68. The third-order valence-corrected chi connectivity index (χ3v) is 7.32. The number of aromatic nitrogens is 4. The van der Waals surface area contributed by atoms with Crippen molar-refractivity contribution in [2.45, 2.75) is 66.2 Å². The Morgan fingerprint density at radius 3 is 1.64 bits per heavy atom. The summed E-state index contributed by atoms with van der Waals surface area (Å²) >= 11 is 0. The fourth-order valence-electron chi connectivity index (χ4n) is 5.06. The maximum atomic E-state index is 5.36. The molecule has 0 saturated heterocycles. The SMILES string of the molecule is CC(C)c1cnn(C)c1-c1ccccc1.CC(C)c1oncc1-c1ccccc1.Cc1noc(C(C)C)c1-c1ccccc1. The zero-order valence-electron chi connectivity index (χ0n) is 27.2. The van der Waals surface area contributed by atoms with E-state index in [1.54, 1.807) is 6.20 Å². The van der Waals surface area contributed by atoms with Crippen molar-refractivity contribution in [3.05, 3.63) is 126 Å².